The summed E-state index contributed by atoms with van der Waals surface area (Å²) in [5, 5.41) is 2.55. The van der Waals surface area contributed by atoms with Crippen LogP contribution in [-0.4, -0.2) is 54.4 Å². The highest BCUT2D eigenvalue weighted by Gasteiger charge is 2.24. The van der Waals surface area contributed by atoms with E-state index < -0.39 is 28.4 Å². The van der Waals surface area contributed by atoms with Crippen molar-refractivity contribution in [2.75, 3.05) is 43.8 Å². The number of esters is 1. The van der Waals surface area contributed by atoms with Gasteiger partial charge in [0.25, 0.3) is 0 Å². The van der Waals surface area contributed by atoms with Gasteiger partial charge in [-0.25, -0.2) is 13.2 Å². The Bertz CT molecular complexity index is 1060. The summed E-state index contributed by atoms with van der Waals surface area (Å²) in [5.41, 5.74) is 0.423. The lowest BCUT2D eigenvalue weighted by molar-refractivity contribution is -0.114. The summed E-state index contributed by atoms with van der Waals surface area (Å²) in [6.07, 6.45) is 0.997. The average molecular weight is 501 g/mol. The number of nitrogens with zero attached hydrogens (tertiary/aromatic N) is 1. The predicted octanol–water partition coefficient (Wildman–Crippen LogP) is 2.66. The second kappa shape index (κ2) is 9.81. The SMILES string of the molecule is COC(=O)c1cc(OC)c(OC)cc1NC(=O)CN(c1cccc(Br)c1)S(C)(=O)=O. The lowest BCUT2D eigenvalue weighted by Gasteiger charge is -2.22. The Kier molecular flexibility index (Phi) is 7.68. The highest BCUT2D eigenvalue weighted by molar-refractivity contribution is 9.10. The number of rotatable bonds is 8. The molecule has 0 unspecified atom stereocenters. The summed E-state index contributed by atoms with van der Waals surface area (Å²) in [5.74, 6) is -0.841. The van der Waals surface area contributed by atoms with Gasteiger partial charge in [0, 0.05) is 16.6 Å². The van der Waals surface area contributed by atoms with Gasteiger partial charge in [0.2, 0.25) is 15.9 Å². The van der Waals surface area contributed by atoms with Crippen LogP contribution in [0.2, 0.25) is 0 Å². The molecule has 0 aliphatic heterocycles. The average Bonchev–Trinajstić information content (AvgIpc) is 2.70. The first-order chi connectivity index (χ1) is 14.1. The second-order valence-corrected chi connectivity index (χ2v) is 8.86. The van der Waals surface area contributed by atoms with E-state index in [1.807, 2.05) is 0 Å². The third kappa shape index (κ3) is 5.63. The standard InChI is InChI=1S/C19H21BrN2O7S/c1-27-16-9-14(19(24)29-3)15(10-17(16)28-2)21-18(23)11-22(30(4,25)26)13-7-5-6-12(20)8-13/h5-10H,11H2,1-4H3,(H,21,23). The summed E-state index contributed by atoms with van der Waals surface area (Å²) < 4.78 is 41.2. The Labute approximate surface area is 183 Å². The smallest absolute Gasteiger partial charge is 0.340 e. The summed E-state index contributed by atoms with van der Waals surface area (Å²) in [4.78, 5) is 24.8. The molecule has 2 rings (SSSR count). The van der Waals surface area contributed by atoms with E-state index in [-0.39, 0.29) is 22.7 Å². The van der Waals surface area contributed by atoms with Crippen LogP contribution in [-0.2, 0) is 19.6 Å². The molecule has 0 aliphatic carbocycles. The van der Waals surface area contributed by atoms with Crippen LogP contribution < -0.4 is 19.1 Å². The molecule has 0 atom stereocenters. The minimum absolute atomic E-state index is 0.0249. The molecule has 1 N–H and O–H groups in total. The lowest BCUT2D eigenvalue weighted by Crippen LogP contribution is -2.37. The summed E-state index contributed by atoms with van der Waals surface area (Å²) in [6.45, 7) is -0.510. The van der Waals surface area contributed by atoms with E-state index >= 15 is 0 Å². The molecule has 0 saturated carbocycles. The maximum atomic E-state index is 12.7. The van der Waals surface area contributed by atoms with E-state index in [4.69, 9.17) is 14.2 Å². The van der Waals surface area contributed by atoms with Crippen molar-refractivity contribution in [3.8, 4) is 11.5 Å². The van der Waals surface area contributed by atoms with Gasteiger partial charge in [0.1, 0.15) is 6.54 Å². The summed E-state index contributed by atoms with van der Waals surface area (Å²) in [6, 6.07) is 9.28. The van der Waals surface area contributed by atoms with E-state index in [0.29, 0.717) is 10.2 Å². The van der Waals surface area contributed by atoms with Gasteiger partial charge in [-0.3, -0.25) is 9.10 Å². The normalized spacial score (nSPS) is 10.8. The van der Waals surface area contributed by atoms with Gasteiger partial charge in [0.15, 0.2) is 11.5 Å². The number of amides is 1. The molecule has 2 aromatic rings. The van der Waals surface area contributed by atoms with Gasteiger partial charge < -0.3 is 19.5 Å². The van der Waals surface area contributed by atoms with E-state index in [1.54, 1.807) is 24.3 Å². The zero-order valence-corrected chi connectivity index (χ0v) is 19.2. The molecule has 0 spiro atoms. The van der Waals surface area contributed by atoms with Crippen LogP contribution in [0, 0.1) is 0 Å². The number of nitrogens with one attached hydrogen (secondary N) is 1. The Morgan fingerprint density at radius 1 is 1.07 bits per heavy atom. The van der Waals surface area contributed by atoms with Gasteiger partial charge in [-0.15, -0.1) is 0 Å². The van der Waals surface area contributed by atoms with Gasteiger partial charge in [-0.2, -0.15) is 0 Å². The van der Waals surface area contributed by atoms with Crippen LogP contribution in [0.15, 0.2) is 40.9 Å². The van der Waals surface area contributed by atoms with Crippen molar-refractivity contribution in [1.82, 2.24) is 0 Å². The minimum Gasteiger partial charge on any atom is -0.493 e. The number of hydrogen-bond donors (Lipinski definition) is 1. The summed E-state index contributed by atoms with van der Waals surface area (Å²) in [7, 11) is 0.241. The fourth-order valence-corrected chi connectivity index (χ4v) is 3.85. The molecule has 9 nitrogen and oxygen atoms in total. The van der Waals surface area contributed by atoms with Crippen LogP contribution in [0.3, 0.4) is 0 Å². The van der Waals surface area contributed by atoms with Gasteiger partial charge in [-0.1, -0.05) is 22.0 Å². The van der Waals surface area contributed by atoms with E-state index in [9.17, 15) is 18.0 Å². The molecular formula is C19H21BrN2O7S. The molecule has 0 bridgehead atoms. The Morgan fingerprint density at radius 3 is 2.23 bits per heavy atom. The highest BCUT2D eigenvalue weighted by atomic mass is 79.9. The first kappa shape index (κ1) is 23.5. The molecule has 0 aliphatic rings. The number of carbonyl (C=O) groups is 2. The number of hydrogen-bond acceptors (Lipinski definition) is 7. The number of halogens is 1. The van der Waals surface area contributed by atoms with Crippen LogP contribution in [0.5, 0.6) is 11.5 Å². The monoisotopic (exact) mass is 500 g/mol. The maximum Gasteiger partial charge on any atom is 0.340 e. The predicted molar refractivity (Wildman–Crippen MR) is 116 cm³/mol. The number of anilines is 2. The van der Waals surface area contributed by atoms with Gasteiger partial charge >= 0.3 is 5.97 Å². The van der Waals surface area contributed by atoms with Crippen molar-refractivity contribution in [2.24, 2.45) is 0 Å². The van der Waals surface area contributed by atoms with Crippen molar-refractivity contribution < 1.29 is 32.2 Å². The number of methoxy groups -OCH3 is 3. The van der Waals surface area contributed by atoms with Crippen molar-refractivity contribution >= 4 is 49.2 Å². The van der Waals surface area contributed by atoms with E-state index in [0.717, 1.165) is 10.6 Å². The second-order valence-electron chi connectivity index (χ2n) is 6.04. The van der Waals surface area contributed by atoms with E-state index in [1.165, 1.54) is 33.5 Å². The lowest BCUT2D eigenvalue weighted by atomic mass is 10.1. The quantitative estimate of drug-likeness (QED) is 0.554. The molecule has 0 saturated heterocycles. The van der Waals surface area contributed by atoms with Crippen LogP contribution >= 0.6 is 15.9 Å². The van der Waals surface area contributed by atoms with Crippen LogP contribution in [0.1, 0.15) is 10.4 Å². The Hall–Kier alpha value is -2.79. The molecule has 0 fully saturated rings. The molecule has 1 amide bonds. The largest absolute Gasteiger partial charge is 0.493 e. The molecule has 0 aromatic heterocycles. The van der Waals surface area contributed by atoms with Gasteiger partial charge in [-0.05, 0) is 18.2 Å². The van der Waals surface area contributed by atoms with E-state index in [2.05, 4.69) is 21.2 Å². The van der Waals surface area contributed by atoms with Crippen LogP contribution in [0.4, 0.5) is 11.4 Å². The topological polar surface area (TPSA) is 111 Å². The summed E-state index contributed by atoms with van der Waals surface area (Å²) >= 11 is 3.28. The number of benzene rings is 2. The first-order valence-corrected chi connectivity index (χ1v) is 11.1. The van der Waals surface area contributed by atoms with Crippen molar-refractivity contribution in [3.63, 3.8) is 0 Å². The molecular weight excluding hydrogens is 480 g/mol. The molecule has 162 valence electrons. The Morgan fingerprint density at radius 2 is 1.70 bits per heavy atom. The minimum atomic E-state index is -3.76. The third-order valence-corrected chi connectivity index (χ3v) is 5.62. The van der Waals surface area contributed by atoms with Crippen molar-refractivity contribution in [1.29, 1.82) is 0 Å². The fraction of sp³-hybridized carbons (Fsp3) is 0.263. The molecule has 30 heavy (non-hydrogen) atoms. The number of sulfonamides is 1. The number of carbonyl (C=O) groups excluding carboxylic acids is 2. The molecule has 0 radical (unpaired) electrons. The fourth-order valence-electron chi connectivity index (χ4n) is 2.61. The number of ether oxygens (including phenoxy) is 3. The molecule has 0 heterocycles. The maximum absolute atomic E-state index is 12.7. The van der Waals surface area contributed by atoms with Crippen LogP contribution in [0.25, 0.3) is 0 Å². The third-order valence-electron chi connectivity index (χ3n) is 3.99. The zero-order chi connectivity index (χ0) is 22.5. The van der Waals surface area contributed by atoms with Gasteiger partial charge in [0.05, 0.1) is 44.5 Å². The first-order valence-electron chi connectivity index (χ1n) is 8.48. The Balaban J connectivity index is 2.39. The molecule has 2 aromatic carbocycles. The molecule has 11 heteroatoms. The van der Waals surface area contributed by atoms with Crippen molar-refractivity contribution in [3.05, 3.63) is 46.4 Å². The highest BCUT2D eigenvalue weighted by Crippen LogP contribution is 2.34. The zero-order valence-electron chi connectivity index (χ0n) is 16.8. The van der Waals surface area contributed by atoms with Crippen molar-refractivity contribution in [2.45, 2.75) is 0 Å².